The molecule has 18 heavy (non-hydrogen) atoms. The van der Waals surface area contributed by atoms with Crippen LogP contribution in [0.15, 0.2) is 29.2 Å². The molecule has 1 aromatic carbocycles. The van der Waals surface area contributed by atoms with Crippen LogP contribution in [-0.4, -0.2) is 36.7 Å². The summed E-state index contributed by atoms with van der Waals surface area (Å²) in [6, 6.07) is 4.98. The van der Waals surface area contributed by atoms with Gasteiger partial charge in [0.2, 0.25) is 10.0 Å². The summed E-state index contributed by atoms with van der Waals surface area (Å²) in [5, 5.41) is 17.8. The second kappa shape index (κ2) is 5.47. The zero-order valence-corrected chi connectivity index (χ0v) is 10.8. The van der Waals surface area contributed by atoms with Crippen LogP contribution in [0.5, 0.6) is 0 Å². The number of carbonyl (C=O) groups is 1. The Morgan fingerprint density at radius 2 is 1.78 bits per heavy atom. The van der Waals surface area contributed by atoms with Crippen LogP contribution in [0.4, 0.5) is 0 Å². The molecule has 0 aromatic heterocycles. The highest BCUT2D eigenvalue weighted by atomic mass is 32.2. The average molecular weight is 273 g/mol. The average Bonchev–Trinajstić information content (AvgIpc) is 2.27. The van der Waals surface area contributed by atoms with Crippen molar-refractivity contribution in [3.05, 3.63) is 29.8 Å². The Morgan fingerprint density at radius 3 is 2.22 bits per heavy atom. The van der Waals surface area contributed by atoms with Crippen LogP contribution in [0.2, 0.25) is 0 Å². The first-order valence-electron chi connectivity index (χ1n) is 5.24. The van der Waals surface area contributed by atoms with Crippen molar-refractivity contribution in [1.82, 2.24) is 4.72 Å². The van der Waals surface area contributed by atoms with E-state index in [0.29, 0.717) is 0 Å². The van der Waals surface area contributed by atoms with Gasteiger partial charge in [-0.3, -0.25) is 0 Å². The molecule has 0 amide bonds. The van der Waals surface area contributed by atoms with E-state index in [9.17, 15) is 18.3 Å². The Labute approximate surface area is 105 Å². The molecule has 0 aliphatic heterocycles. The van der Waals surface area contributed by atoms with Gasteiger partial charge in [-0.2, -0.15) is 0 Å². The van der Waals surface area contributed by atoms with E-state index in [2.05, 4.69) is 4.72 Å². The van der Waals surface area contributed by atoms with Gasteiger partial charge in [-0.1, -0.05) is 17.7 Å². The molecule has 0 radical (unpaired) electrons. The fourth-order valence-electron chi connectivity index (χ4n) is 1.31. The standard InChI is InChI=1S/C11H15NO5S/c1-7-3-5-9(6-4-7)18(16,17)12-8(2)10(13)11(14)15/h3-6,8,10,12-13H,1-2H3,(H,14,15)/t8-,10?/m0/s1. The summed E-state index contributed by atoms with van der Waals surface area (Å²) in [5.41, 5.74) is 0.910. The van der Waals surface area contributed by atoms with Crippen molar-refractivity contribution in [2.45, 2.75) is 30.9 Å². The molecule has 100 valence electrons. The van der Waals surface area contributed by atoms with E-state index < -0.39 is 28.1 Å². The van der Waals surface area contributed by atoms with Crippen molar-refractivity contribution in [2.75, 3.05) is 0 Å². The molecule has 1 aromatic rings. The van der Waals surface area contributed by atoms with Crippen LogP contribution >= 0.6 is 0 Å². The number of aryl methyl sites for hydroxylation is 1. The molecule has 1 unspecified atom stereocenters. The number of nitrogens with one attached hydrogen (secondary N) is 1. The number of aliphatic carboxylic acids is 1. The molecule has 0 aliphatic rings. The Bertz CT molecular complexity index is 523. The third-order valence-electron chi connectivity index (χ3n) is 2.40. The quantitative estimate of drug-likeness (QED) is 0.706. The van der Waals surface area contributed by atoms with Crippen LogP contribution in [0.1, 0.15) is 12.5 Å². The van der Waals surface area contributed by atoms with Crippen molar-refractivity contribution in [1.29, 1.82) is 0 Å². The predicted octanol–water partition coefficient (Wildman–Crippen LogP) is 0.107. The van der Waals surface area contributed by atoms with Crippen molar-refractivity contribution >= 4 is 16.0 Å². The molecule has 0 heterocycles. The predicted molar refractivity (Wildman–Crippen MR) is 64.6 cm³/mol. The number of aliphatic hydroxyl groups is 1. The maximum absolute atomic E-state index is 11.9. The number of hydrogen-bond acceptors (Lipinski definition) is 4. The summed E-state index contributed by atoms with van der Waals surface area (Å²) in [4.78, 5) is 10.5. The molecule has 6 nitrogen and oxygen atoms in total. The van der Waals surface area contributed by atoms with E-state index in [1.54, 1.807) is 12.1 Å². The van der Waals surface area contributed by atoms with E-state index in [0.717, 1.165) is 5.56 Å². The summed E-state index contributed by atoms with van der Waals surface area (Å²) in [5.74, 6) is -1.48. The topological polar surface area (TPSA) is 104 Å². The first-order valence-corrected chi connectivity index (χ1v) is 6.72. The fourth-order valence-corrected chi connectivity index (χ4v) is 2.56. The lowest BCUT2D eigenvalue weighted by Crippen LogP contribution is -2.44. The van der Waals surface area contributed by atoms with Gasteiger partial charge in [-0.15, -0.1) is 0 Å². The van der Waals surface area contributed by atoms with Gasteiger partial charge in [-0.25, -0.2) is 17.9 Å². The summed E-state index contributed by atoms with van der Waals surface area (Å²) >= 11 is 0. The van der Waals surface area contributed by atoms with E-state index >= 15 is 0 Å². The first-order chi connectivity index (χ1) is 8.24. The lowest BCUT2D eigenvalue weighted by molar-refractivity contribution is -0.147. The molecule has 0 aliphatic carbocycles. The van der Waals surface area contributed by atoms with Crippen molar-refractivity contribution in [3.8, 4) is 0 Å². The highest BCUT2D eigenvalue weighted by molar-refractivity contribution is 7.89. The van der Waals surface area contributed by atoms with E-state index in [1.165, 1.54) is 19.1 Å². The van der Waals surface area contributed by atoms with E-state index in [1.807, 2.05) is 6.92 Å². The molecule has 1 rings (SSSR count). The third kappa shape index (κ3) is 3.52. The molecule has 0 spiro atoms. The van der Waals surface area contributed by atoms with Gasteiger partial charge < -0.3 is 10.2 Å². The molecule has 0 fully saturated rings. The summed E-state index contributed by atoms with van der Waals surface area (Å²) < 4.78 is 25.8. The largest absolute Gasteiger partial charge is 0.479 e. The summed E-state index contributed by atoms with van der Waals surface area (Å²) in [7, 11) is -3.83. The van der Waals surface area contributed by atoms with Crippen molar-refractivity contribution in [3.63, 3.8) is 0 Å². The number of hydrogen-bond donors (Lipinski definition) is 3. The van der Waals surface area contributed by atoms with Gasteiger partial charge in [0.25, 0.3) is 0 Å². The van der Waals surface area contributed by atoms with Crippen LogP contribution in [0.25, 0.3) is 0 Å². The van der Waals surface area contributed by atoms with Gasteiger partial charge in [-0.05, 0) is 26.0 Å². The number of benzene rings is 1. The number of rotatable bonds is 5. The zero-order chi connectivity index (χ0) is 13.9. The maximum atomic E-state index is 11.9. The van der Waals surface area contributed by atoms with Crippen molar-refractivity contribution < 1.29 is 23.4 Å². The van der Waals surface area contributed by atoms with Gasteiger partial charge in [0.15, 0.2) is 6.10 Å². The van der Waals surface area contributed by atoms with Gasteiger partial charge in [0.1, 0.15) is 0 Å². The smallest absolute Gasteiger partial charge is 0.334 e. The van der Waals surface area contributed by atoms with Gasteiger partial charge in [0.05, 0.1) is 10.9 Å². The highest BCUT2D eigenvalue weighted by Gasteiger charge is 2.26. The number of carboxylic acid groups (broad SMARTS) is 1. The molecule has 0 bridgehead atoms. The molecule has 3 N–H and O–H groups in total. The lowest BCUT2D eigenvalue weighted by Gasteiger charge is -2.16. The second-order valence-corrected chi connectivity index (χ2v) is 5.72. The minimum Gasteiger partial charge on any atom is -0.479 e. The Balaban J connectivity index is 2.89. The maximum Gasteiger partial charge on any atom is 0.334 e. The Hall–Kier alpha value is -1.44. The molecule has 7 heteroatoms. The number of sulfonamides is 1. The molecular formula is C11H15NO5S. The summed E-state index contributed by atoms with van der Waals surface area (Å²) in [6.07, 6.45) is -1.79. The summed E-state index contributed by atoms with van der Waals surface area (Å²) in [6.45, 7) is 3.10. The first kappa shape index (κ1) is 14.6. The normalized spacial score (nSPS) is 15.1. The molecule has 0 saturated carbocycles. The third-order valence-corrected chi connectivity index (χ3v) is 3.97. The SMILES string of the molecule is Cc1ccc(S(=O)(=O)N[C@@H](C)C(O)C(=O)O)cc1. The Morgan fingerprint density at radius 1 is 1.28 bits per heavy atom. The Kier molecular flexibility index (Phi) is 4.44. The van der Waals surface area contributed by atoms with Gasteiger partial charge in [0, 0.05) is 0 Å². The lowest BCUT2D eigenvalue weighted by atomic mass is 10.2. The highest BCUT2D eigenvalue weighted by Crippen LogP contribution is 2.11. The van der Waals surface area contributed by atoms with Crippen LogP contribution < -0.4 is 4.72 Å². The molecule has 2 atom stereocenters. The number of aliphatic hydroxyl groups excluding tert-OH is 1. The van der Waals surface area contributed by atoms with Crippen molar-refractivity contribution in [2.24, 2.45) is 0 Å². The van der Waals surface area contributed by atoms with Crippen LogP contribution in [0.3, 0.4) is 0 Å². The number of carboxylic acids is 1. The van der Waals surface area contributed by atoms with Gasteiger partial charge >= 0.3 is 5.97 Å². The minimum atomic E-state index is -3.83. The fraction of sp³-hybridized carbons (Fsp3) is 0.364. The molecule has 0 saturated heterocycles. The van der Waals surface area contributed by atoms with Crippen LogP contribution in [-0.2, 0) is 14.8 Å². The van der Waals surface area contributed by atoms with E-state index in [4.69, 9.17) is 5.11 Å². The zero-order valence-electron chi connectivity index (χ0n) is 9.99. The second-order valence-electron chi connectivity index (χ2n) is 4.01. The monoisotopic (exact) mass is 273 g/mol. The molecular weight excluding hydrogens is 258 g/mol. The minimum absolute atomic E-state index is 0.0255. The van der Waals surface area contributed by atoms with Crippen LogP contribution in [0, 0.1) is 6.92 Å². The van der Waals surface area contributed by atoms with E-state index in [-0.39, 0.29) is 4.90 Å².